The maximum atomic E-state index is 12.3. The quantitative estimate of drug-likeness (QED) is 0.851. The van der Waals surface area contributed by atoms with Crippen molar-refractivity contribution in [3.05, 3.63) is 24.0 Å². The summed E-state index contributed by atoms with van der Waals surface area (Å²) < 4.78 is 5.42. The number of likely N-dealkylation sites (tertiary alicyclic amines) is 1. The number of hydrogen-bond acceptors (Lipinski definition) is 4. The summed E-state index contributed by atoms with van der Waals surface area (Å²) >= 11 is 0. The fourth-order valence-corrected chi connectivity index (χ4v) is 2.53. The Morgan fingerprint density at radius 3 is 2.52 bits per heavy atom. The first-order valence-corrected chi connectivity index (χ1v) is 7.96. The van der Waals surface area contributed by atoms with Gasteiger partial charge in [0.05, 0.1) is 5.92 Å². The van der Waals surface area contributed by atoms with Gasteiger partial charge in [-0.1, -0.05) is 0 Å². The molecule has 1 fully saturated rings. The molecule has 0 unspecified atom stereocenters. The third kappa shape index (κ3) is 5.23. The number of aryl methyl sites for hydroxylation is 1. The fraction of sp³-hybridized carbons (Fsp3) is 0.588. The molecule has 1 saturated heterocycles. The van der Waals surface area contributed by atoms with E-state index in [9.17, 15) is 9.59 Å². The molecule has 1 aromatic rings. The molecule has 1 aliphatic heterocycles. The molecule has 1 aliphatic rings. The number of hydrogen-bond donors (Lipinski definition) is 1. The van der Waals surface area contributed by atoms with Crippen LogP contribution < -0.4 is 5.32 Å². The smallest absolute Gasteiger partial charge is 0.321 e. The predicted molar refractivity (Wildman–Crippen MR) is 88.1 cm³/mol. The zero-order valence-electron chi connectivity index (χ0n) is 14.3. The Morgan fingerprint density at radius 2 is 1.96 bits per heavy atom. The number of carbonyl (C=O) groups is 2. The van der Waals surface area contributed by atoms with Crippen molar-refractivity contribution in [2.75, 3.05) is 18.4 Å². The molecule has 2 amide bonds. The summed E-state index contributed by atoms with van der Waals surface area (Å²) in [6, 6.07) is 3.45. The van der Waals surface area contributed by atoms with Gasteiger partial charge >= 0.3 is 12.0 Å². The van der Waals surface area contributed by atoms with Crippen LogP contribution in [0.25, 0.3) is 0 Å². The van der Waals surface area contributed by atoms with E-state index >= 15 is 0 Å². The molecule has 2 rings (SSSR count). The first kappa shape index (κ1) is 17.2. The molecular formula is C17H25N3O3. The van der Waals surface area contributed by atoms with Gasteiger partial charge in [-0.05, 0) is 52.7 Å². The summed E-state index contributed by atoms with van der Waals surface area (Å²) in [6.45, 7) is 8.58. The van der Waals surface area contributed by atoms with Gasteiger partial charge < -0.3 is 15.0 Å². The second-order valence-electron chi connectivity index (χ2n) is 6.91. The summed E-state index contributed by atoms with van der Waals surface area (Å²) in [5.74, 6) is -0.288. The van der Waals surface area contributed by atoms with Crippen molar-refractivity contribution in [2.24, 2.45) is 5.92 Å². The molecule has 6 nitrogen and oxygen atoms in total. The number of anilines is 1. The van der Waals surface area contributed by atoms with Gasteiger partial charge in [-0.15, -0.1) is 0 Å². The van der Waals surface area contributed by atoms with Gasteiger partial charge in [0.15, 0.2) is 0 Å². The van der Waals surface area contributed by atoms with E-state index in [-0.39, 0.29) is 17.9 Å². The Hall–Kier alpha value is -2.11. The van der Waals surface area contributed by atoms with Crippen LogP contribution in [-0.4, -0.2) is 40.6 Å². The molecule has 23 heavy (non-hydrogen) atoms. The van der Waals surface area contributed by atoms with E-state index < -0.39 is 5.60 Å². The van der Waals surface area contributed by atoms with Crippen LogP contribution in [0, 0.1) is 12.8 Å². The molecule has 0 atom stereocenters. The normalized spacial score (nSPS) is 16.1. The molecule has 1 aromatic heterocycles. The van der Waals surface area contributed by atoms with Gasteiger partial charge in [-0.2, -0.15) is 0 Å². The van der Waals surface area contributed by atoms with E-state index in [1.54, 1.807) is 17.2 Å². The van der Waals surface area contributed by atoms with Crippen LogP contribution >= 0.6 is 0 Å². The van der Waals surface area contributed by atoms with Crippen molar-refractivity contribution < 1.29 is 14.3 Å². The summed E-state index contributed by atoms with van der Waals surface area (Å²) in [6.07, 6.45) is 2.94. The van der Waals surface area contributed by atoms with Gasteiger partial charge in [0, 0.05) is 30.7 Å². The van der Waals surface area contributed by atoms with Gasteiger partial charge in [0.2, 0.25) is 0 Å². The van der Waals surface area contributed by atoms with Gasteiger partial charge in [0.1, 0.15) is 5.60 Å². The number of amides is 2. The van der Waals surface area contributed by atoms with Crippen LogP contribution in [0.2, 0.25) is 0 Å². The number of ether oxygens (including phenoxy) is 1. The third-order valence-corrected chi connectivity index (χ3v) is 3.67. The summed E-state index contributed by atoms with van der Waals surface area (Å²) in [4.78, 5) is 30.2. The van der Waals surface area contributed by atoms with Crippen LogP contribution in [0.5, 0.6) is 0 Å². The molecule has 0 saturated carbocycles. The Morgan fingerprint density at radius 1 is 1.30 bits per heavy atom. The highest BCUT2D eigenvalue weighted by Crippen LogP contribution is 2.22. The van der Waals surface area contributed by atoms with Crippen molar-refractivity contribution in [2.45, 2.75) is 46.1 Å². The minimum Gasteiger partial charge on any atom is -0.460 e. The minimum atomic E-state index is -0.467. The first-order chi connectivity index (χ1) is 10.7. The van der Waals surface area contributed by atoms with Crippen molar-refractivity contribution in [1.82, 2.24) is 9.88 Å². The highest BCUT2D eigenvalue weighted by Gasteiger charge is 2.30. The number of pyridine rings is 1. The van der Waals surface area contributed by atoms with E-state index in [1.807, 2.05) is 33.8 Å². The number of piperidine rings is 1. The van der Waals surface area contributed by atoms with E-state index in [0.29, 0.717) is 25.9 Å². The molecule has 0 aromatic carbocycles. The lowest BCUT2D eigenvalue weighted by molar-refractivity contribution is -0.161. The number of aromatic nitrogens is 1. The monoisotopic (exact) mass is 319 g/mol. The molecule has 0 spiro atoms. The Labute approximate surface area is 137 Å². The summed E-state index contributed by atoms with van der Waals surface area (Å²) in [5, 5.41) is 2.87. The summed E-state index contributed by atoms with van der Waals surface area (Å²) in [5.41, 5.74) is 1.12. The molecule has 0 radical (unpaired) electrons. The lowest BCUT2D eigenvalue weighted by Crippen LogP contribution is -2.43. The van der Waals surface area contributed by atoms with Crippen LogP contribution in [-0.2, 0) is 9.53 Å². The zero-order valence-corrected chi connectivity index (χ0v) is 14.3. The van der Waals surface area contributed by atoms with Crippen LogP contribution in [0.4, 0.5) is 10.5 Å². The average molecular weight is 319 g/mol. The Bertz CT molecular complexity index is 573. The van der Waals surface area contributed by atoms with Crippen LogP contribution in [0.3, 0.4) is 0 Å². The van der Waals surface area contributed by atoms with Crippen molar-refractivity contribution in [3.8, 4) is 0 Å². The predicted octanol–water partition coefficient (Wildman–Crippen LogP) is 2.98. The number of carbonyl (C=O) groups excluding carboxylic acids is 2. The maximum Gasteiger partial charge on any atom is 0.321 e. The minimum absolute atomic E-state index is 0.124. The van der Waals surface area contributed by atoms with Crippen molar-refractivity contribution >= 4 is 17.7 Å². The highest BCUT2D eigenvalue weighted by atomic mass is 16.6. The number of nitrogens with zero attached hydrogens (tertiary/aromatic N) is 2. The second-order valence-corrected chi connectivity index (χ2v) is 6.91. The number of urea groups is 1. The molecule has 0 aliphatic carbocycles. The first-order valence-electron chi connectivity index (χ1n) is 7.96. The highest BCUT2D eigenvalue weighted by molar-refractivity contribution is 5.89. The topological polar surface area (TPSA) is 71.5 Å². The molecule has 126 valence electrons. The van der Waals surface area contributed by atoms with Crippen LogP contribution in [0.1, 0.15) is 39.3 Å². The molecule has 1 N–H and O–H groups in total. The standard InChI is InChI=1S/C17H25N3O3/c1-12-11-14(5-8-18-12)19-16(22)20-9-6-13(7-10-20)15(21)23-17(2,3)4/h5,8,11,13H,6-7,9-10H2,1-4H3,(H,18,19,22). The maximum absolute atomic E-state index is 12.3. The second kappa shape index (κ2) is 6.98. The van der Waals surface area contributed by atoms with Gasteiger partial charge in [0.25, 0.3) is 0 Å². The third-order valence-electron chi connectivity index (χ3n) is 3.67. The fourth-order valence-electron chi connectivity index (χ4n) is 2.53. The zero-order chi connectivity index (χ0) is 17.0. The summed E-state index contributed by atoms with van der Waals surface area (Å²) in [7, 11) is 0. The largest absolute Gasteiger partial charge is 0.460 e. The Kier molecular flexibility index (Phi) is 5.23. The van der Waals surface area contributed by atoms with Crippen molar-refractivity contribution in [3.63, 3.8) is 0 Å². The average Bonchev–Trinajstić information content (AvgIpc) is 2.45. The van der Waals surface area contributed by atoms with E-state index in [0.717, 1.165) is 11.4 Å². The lowest BCUT2D eigenvalue weighted by Gasteiger charge is -2.32. The molecular weight excluding hydrogens is 294 g/mol. The SMILES string of the molecule is Cc1cc(NC(=O)N2CCC(C(=O)OC(C)(C)C)CC2)ccn1. The van der Waals surface area contributed by atoms with Gasteiger partial charge in [-0.3, -0.25) is 9.78 Å². The van der Waals surface area contributed by atoms with Crippen molar-refractivity contribution in [1.29, 1.82) is 0 Å². The van der Waals surface area contributed by atoms with E-state index in [1.165, 1.54) is 0 Å². The number of esters is 1. The number of nitrogens with one attached hydrogen (secondary N) is 1. The van der Waals surface area contributed by atoms with E-state index in [2.05, 4.69) is 10.3 Å². The lowest BCUT2D eigenvalue weighted by atomic mass is 9.97. The number of rotatable bonds is 2. The Balaban J connectivity index is 1.84. The molecule has 0 bridgehead atoms. The van der Waals surface area contributed by atoms with Crippen LogP contribution in [0.15, 0.2) is 18.3 Å². The van der Waals surface area contributed by atoms with E-state index in [4.69, 9.17) is 4.74 Å². The molecule has 2 heterocycles. The molecule has 6 heteroatoms. The van der Waals surface area contributed by atoms with Gasteiger partial charge in [-0.25, -0.2) is 4.79 Å².